The molecule has 0 saturated heterocycles. The molecule has 0 N–H and O–H groups in total. The molecule has 2 aromatic carbocycles. The molecule has 3 nitrogen and oxygen atoms in total. The van der Waals surface area contributed by atoms with Gasteiger partial charge in [0.25, 0.3) is 0 Å². The van der Waals surface area contributed by atoms with Gasteiger partial charge in [-0.3, -0.25) is 4.98 Å². The van der Waals surface area contributed by atoms with E-state index in [1.54, 1.807) is 6.20 Å². The predicted molar refractivity (Wildman–Crippen MR) is 100 cm³/mol. The summed E-state index contributed by atoms with van der Waals surface area (Å²) in [6, 6.07) is 26.1. The number of benzene rings is 2. The zero-order valence-corrected chi connectivity index (χ0v) is 13.4. The van der Waals surface area contributed by atoms with Gasteiger partial charge >= 0.3 is 0 Å². The van der Waals surface area contributed by atoms with Crippen LogP contribution in [-0.2, 0) is 0 Å². The molecule has 0 spiro atoms. The van der Waals surface area contributed by atoms with E-state index in [1.165, 1.54) is 0 Å². The Morgan fingerprint density at radius 3 is 2.32 bits per heavy atom. The van der Waals surface area contributed by atoms with Crippen molar-refractivity contribution < 1.29 is 4.42 Å². The van der Waals surface area contributed by atoms with Crippen LogP contribution in [0.15, 0.2) is 89.5 Å². The first-order chi connectivity index (χ1) is 12.4. The maximum atomic E-state index is 6.11. The van der Waals surface area contributed by atoms with Gasteiger partial charge in [0.1, 0.15) is 16.9 Å². The lowest BCUT2D eigenvalue weighted by Crippen LogP contribution is -1.91. The molecule has 0 radical (unpaired) electrons. The van der Waals surface area contributed by atoms with Crippen molar-refractivity contribution in [3.63, 3.8) is 0 Å². The molecule has 0 fully saturated rings. The maximum Gasteiger partial charge on any atom is 0.139 e. The fourth-order valence-corrected chi connectivity index (χ4v) is 3.19. The Kier molecular flexibility index (Phi) is 3.10. The largest absolute Gasteiger partial charge is 0.456 e. The Bertz CT molecular complexity index is 1180. The fourth-order valence-electron chi connectivity index (χ4n) is 3.19. The average molecular weight is 322 g/mol. The lowest BCUT2D eigenvalue weighted by atomic mass is 10.1. The standard InChI is InChI=1S/C22H14N2O/c1-2-8-15(9-3-1)18-14-20-21(16-10-4-5-12-19(16)25-20)22(24-18)17-11-6-7-13-23-17/h1-14H. The molecular formula is C22H14N2O. The number of nitrogens with zero attached hydrogens (tertiary/aromatic N) is 2. The summed E-state index contributed by atoms with van der Waals surface area (Å²) < 4.78 is 6.11. The van der Waals surface area contributed by atoms with Crippen LogP contribution in [0.1, 0.15) is 0 Å². The minimum atomic E-state index is 0.829. The van der Waals surface area contributed by atoms with Crippen LogP contribution in [0.5, 0.6) is 0 Å². The number of hydrogen-bond donors (Lipinski definition) is 0. The molecule has 0 amide bonds. The van der Waals surface area contributed by atoms with Crippen molar-refractivity contribution in [2.24, 2.45) is 0 Å². The van der Waals surface area contributed by atoms with Crippen LogP contribution in [0.3, 0.4) is 0 Å². The third-order valence-corrected chi connectivity index (χ3v) is 4.34. The van der Waals surface area contributed by atoms with Crippen LogP contribution in [0.4, 0.5) is 0 Å². The van der Waals surface area contributed by atoms with E-state index in [9.17, 15) is 0 Å². The summed E-state index contributed by atoms with van der Waals surface area (Å²) >= 11 is 0. The second-order valence-corrected chi connectivity index (χ2v) is 5.91. The van der Waals surface area contributed by atoms with Crippen molar-refractivity contribution in [3.05, 3.63) is 85.1 Å². The second-order valence-electron chi connectivity index (χ2n) is 5.91. The Hall–Kier alpha value is -3.46. The Balaban J connectivity index is 1.90. The first-order valence-electron chi connectivity index (χ1n) is 8.19. The van der Waals surface area contributed by atoms with Crippen LogP contribution in [-0.4, -0.2) is 9.97 Å². The van der Waals surface area contributed by atoms with Crippen molar-refractivity contribution in [1.29, 1.82) is 0 Å². The summed E-state index contributed by atoms with van der Waals surface area (Å²) in [7, 11) is 0. The van der Waals surface area contributed by atoms with E-state index in [-0.39, 0.29) is 0 Å². The third-order valence-electron chi connectivity index (χ3n) is 4.34. The molecule has 3 heterocycles. The van der Waals surface area contributed by atoms with Gasteiger partial charge in [0.2, 0.25) is 0 Å². The lowest BCUT2D eigenvalue weighted by molar-refractivity contribution is 0.669. The zero-order chi connectivity index (χ0) is 16.6. The van der Waals surface area contributed by atoms with E-state index in [0.29, 0.717) is 0 Å². The van der Waals surface area contributed by atoms with Crippen LogP contribution in [0, 0.1) is 0 Å². The van der Waals surface area contributed by atoms with Gasteiger partial charge in [0, 0.05) is 23.2 Å². The molecule has 0 bridgehead atoms. The van der Waals surface area contributed by atoms with Crippen LogP contribution < -0.4 is 0 Å². The summed E-state index contributed by atoms with van der Waals surface area (Å²) in [6.45, 7) is 0. The first-order valence-corrected chi connectivity index (χ1v) is 8.19. The number of rotatable bonds is 2. The van der Waals surface area contributed by atoms with Gasteiger partial charge in [0.05, 0.1) is 16.8 Å². The van der Waals surface area contributed by atoms with E-state index < -0.39 is 0 Å². The summed E-state index contributed by atoms with van der Waals surface area (Å²) in [5.41, 5.74) is 5.32. The van der Waals surface area contributed by atoms with E-state index in [2.05, 4.69) is 23.2 Å². The highest BCUT2D eigenvalue weighted by Crippen LogP contribution is 2.37. The van der Waals surface area contributed by atoms with E-state index in [0.717, 1.165) is 44.6 Å². The van der Waals surface area contributed by atoms with E-state index in [1.807, 2.05) is 60.7 Å². The number of hydrogen-bond acceptors (Lipinski definition) is 3. The first kappa shape index (κ1) is 13.9. The van der Waals surface area contributed by atoms with Crippen molar-refractivity contribution in [1.82, 2.24) is 9.97 Å². The van der Waals surface area contributed by atoms with Crippen LogP contribution in [0.25, 0.3) is 44.6 Å². The SMILES string of the molecule is c1ccc(-c2cc3oc4ccccc4c3c(-c3ccccn3)n2)cc1. The van der Waals surface area contributed by atoms with Gasteiger partial charge in [-0.1, -0.05) is 54.6 Å². The summed E-state index contributed by atoms with van der Waals surface area (Å²) in [5.74, 6) is 0. The van der Waals surface area contributed by atoms with Crippen LogP contribution >= 0.6 is 0 Å². The summed E-state index contributed by atoms with van der Waals surface area (Å²) in [4.78, 5) is 9.46. The molecular weight excluding hydrogens is 308 g/mol. The smallest absolute Gasteiger partial charge is 0.139 e. The van der Waals surface area contributed by atoms with Gasteiger partial charge in [-0.2, -0.15) is 0 Å². The Morgan fingerprint density at radius 2 is 1.48 bits per heavy atom. The number of para-hydroxylation sites is 1. The molecule has 118 valence electrons. The second kappa shape index (κ2) is 5.56. The van der Waals surface area contributed by atoms with Crippen molar-refractivity contribution in [3.8, 4) is 22.6 Å². The Morgan fingerprint density at radius 1 is 0.680 bits per heavy atom. The molecule has 5 rings (SSSR count). The van der Waals surface area contributed by atoms with Gasteiger partial charge in [-0.25, -0.2) is 4.98 Å². The van der Waals surface area contributed by atoms with Crippen molar-refractivity contribution in [2.75, 3.05) is 0 Å². The van der Waals surface area contributed by atoms with E-state index in [4.69, 9.17) is 9.40 Å². The van der Waals surface area contributed by atoms with Crippen molar-refractivity contribution in [2.45, 2.75) is 0 Å². The normalized spacial score (nSPS) is 11.2. The molecule has 0 saturated carbocycles. The lowest BCUT2D eigenvalue weighted by Gasteiger charge is -2.06. The molecule has 3 heteroatoms. The highest BCUT2D eigenvalue weighted by atomic mass is 16.3. The van der Waals surface area contributed by atoms with Crippen molar-refractivity contribution >= 4 is 21.9 Å². The minimum Gasteiger partial charge on any atom is -0.456 e. The molecule has 5 aromatic rings. The van der Waals surface area contributed by atoms with Gasteiger partial charge < -0.3 is 4.42 Å². The van der Waals surface area contributed by atoms with Crippen LogP contribution in [0.2, 0.25) is 0 Å². The topological polar surface area (TPSA) is 38.9 Å². The monoisotopic (exact) mass is 322 g/mol. The Labute approximate surface area is 144 Å². The molecule has 25 heavy (non-hydrogen) atoms. The molecule has 0 atom stereocenters. The molecule has 0 aliphatic carbocycles. The highest BCUT2D eigenvalue weighted by Gasteiger charge is 2.16. The molecule has 0 unspecified atom stereocenters. The summed E-state index contributed by atoms with van der Waals surface area (Å²) in [6.07, 6.45) is 1.79. The number of furan rings is 1. The highest BCUT2D eigenvalue weighted by molar-refractivity contribution is 6.11. The molecule has 0 aliphatic rings. The quantitative estimate of drug-likeness (QED) is 0.418. The molecule has 0 aliphatic heterocycles. The van der Waals surface area contributed by atoms with Gasteiger partial charge in [-0.15, -0.1) is 0 Å². The van der Waals surface area contributed by atoms with Gasteiger partial charge in [-0.05, 0) is 18.2 Å². The summed E-state index contributed by atoms with van der Waals surface area (Å²) in [5, 5.41) is 2.07. The zero-order valence-electron chi connectivity index (χ0n) is 13.4. The minimum absolute atomic E-state index is 0.829. The fraction of sp³-hybridized carbons (Fsp3) is 0. The maximum absolute atomic E-state index is 6.11. The third kappa shape index (κ3) is 2.29. The number of pyridine rings is 2. The number of aromatic nitrogens is 2. The molecule has 3 aromatic heterocycles. The average Bonchev–Trinajstić information content (AvgIpc) is 3.07. The predicted octanol–water partition coefficient (Wildman–Crippen LogP) is 5.71. The van der Waals surface area contributed by atoms with E-state index >= 15 is 0 Å². The van der Waals surface area contributed by atoms with Gasteiger partial charge in [0.15, 0.2) is 0 Å². The number of fused-ring (bicyclic) bond motifs is 3.